The third-order valence-corrected chi connectivity index (χ3v) is 4.33. The molecule has 0 saturated carbocycles. The Hall–Kier alpha value is -1.16. The first-order valence-corrected chi connectivity index (χ1v) is 7.29. The van der Waals surface area contributed by atoms with Crippen molar-refractivity contribution < 1.29 is 5.11 Å². The minimum Gasteiger partial charge on any atom is -0.395 e. The molecule has 0 amide bonds. The maximum atomic E-state index is 9.24. The van der Waals surface area contributed by atoms with E-state index >= 15 is 0 Å². The van der Waals surface area contributed by atoms with Crippen molar-refractivity contribution in [2.45, 2.75) is 12.5 Å². The van der Waals surface area contributed by atoms with Gasteiger partial charge in [-0.1, -0.05) is 24.3 Å². The highest BCUT2D eigenvalue weighted by molar-refractivity contribution is 7.08. The number of β-amino-alcohol motifs (C(OH)–C–C–N with tert-alkyl or cyclic N) is 1. The maximum absolute atomic E-state index is 9.24. The van der Waals surface area contributed by atoms with Crippen molar-refractivity contribution in [2.24, 2.45) is 0 Å². The molecule has 18 heavy (non-hydrogen) atoms. The average Bonchev–Trinajstić information content (AvgIpc) is 2.92. The first-order chi connectivity index (χ1) is 8.90. The first kappa shape index (κ1) is 11.9. The Morgan fingerprint density at radius 1 is 1.28 bits per heavy atom. The third-order valence-electron chi connectivity index (χ3n) is 3.63. The number of aliphatic hydroxyl groups excluding tert-OH is 1. The van der Waals surface area contributed by atoms with E-state index in [0.717, 1.165) is 19.5 Å². The second-order valence-electron chi connectivity index (χ2n) is 4.67. The van der Waals surface area contributed by atoms with E-state index in [-0.39, 0.29) is 6.61 Å². The van der Waals surface area contributed by atoms with Crippen molar-refractivity contribution in [1.82, 2.24) is 4.90 Å². The molecule has 1 aromatic carbocycles. The molecule has 0 aliphatic carbocycles. The molecule has 1 N–H and O–H groups in total. The van der Waals surface area contributed by atoms with Gasteiger partial charge < -0.3 is 5.11 Å². The highest BCUT2D eigenvalue weighted by Crippen LogP contribution is 2.35. The van der Waals surface area contributed by atoms with Crippen LogP contribution in [0.2, 0.25) is 0 Å². The van der Waals surface area contributed by atoms with Gasteiger partial charge in [0.15, 0.2) is 0 Å². The van der Waals surface area contributed by atoms with E-state index < -0.39 is 0 Å². The standard InChI is InChI=1S/C15H17NOS/c17-9-8-16-7-5-12-3-1-2-4-14(12)15(16)13-6-10-18-11-13/h1-4,6,10-11,15,17H,5,7-9H2. The van der Waals surface area contributed by atoms with Crippen LogP contribution in [-0.4, -0.2) is 29.7 Å². The highest BCUT2D eigenvalue weighted by Gasteiger charge is 2.28. The Morgan fingerprint density at radius 2 is 2.17 bits per heavy atom. The Bertz CT molecular complexity index is 509. The maximum Gasteiger partial charge on any atom is 0.0613 e. The normalized spacial score (nSPS) is 19.7. The fourth-order valence-electron chi connectivity index (χ4n) is 2.81. The van der Waals surface area contributed by atoms with Gasteiger partial charge in [-0.25, -0.2) is 0 Å². The van der Waals surface area contributed by atoms with Crippen LogP contribution in [0.15, 0.2) is 41.1 Å². The lowest BCUT2D eigenvalue weighted by atomic mass is 9.89. The van der Waals surface area contributed by atoms with E-state index in [1.807, 2.05) is 0 Å². The summed E-state index contributed by atoms with van der Waals surface area (Å²) in [5, 5.41) is 13.6. The largest absolute Gasteiger partial charge is 0.395 e. The molecule has 1 aliphatic rings. The van der Waals surface area contributed by atoms with Gasteiger partial charge in [-0.15, -0.1) is 0 Å². The van der Waals surface area contributed by atoms with Gasteiger partial charge in [0.05, 0.1) is 12.6 Å². The molecule has 0 spiro atoms. The van der Waals surface area contributed by atoms with E-state index in [1.54, 1.807) is 11.3 Å². The molecule has 0 saturated heterocycles. The molecule has 1 atom stereocenters. The molecule has 1 aromatic heterocycles. The van der Waals surface area contributed by atoms with Crippen LogP contribution in [0.4, 0.5) is 0 Å². The number of fused-ring (bicyclic) bond motifs is 1. The zero-order valence-corrected chi connectivity index (χ0v) is 11.1. The molecule has 2 aromatic rings. The summed E-state index contributed by atoms with van der Waals surface area (Å²) in [5.41, 5.74) is 4.19. The second-order valence-corrected chi connectivity index (χ2v) is 5.45. The van der Waals surface area contributed by atoms with Crippen molar-refractivity contribution in [3.8, 4) is 0 Å². The summed E-state index contributed by atoms with van der Waals surface area (Å²) < 4.78 is 0. The number of hydrogen-bond acceptors (Lipinski definition) is 3. The van der Waals surface area contributed by atoms with Gasteiger partial charge in [-0.3, -0.25) is 4.90 Å². The van der Waals surface area contributed by atoms with Gasteiger partial charge in [-0.05, 0) is 39.9 Å². The topological polar surface area (TPSA) is 23.5 Å². The lowest BCUT2D eigenvalue weighted by Gasteiger charge is -2.36. The average molecular weight is 259 g/mol. The number of rotatable bonds is 3. The van der Waals surface area contributed by atoms with Gasteiger partial charge in [0.25, 0.3) is 0 Å². The summed E-state index contributed by atoms with van der Waals surface area (Å²) in [6.45, 7) is 2.00. The predicted octanol–water partition coefficient (Wildman–Crippen LogP) is 2.69. The summed E-state index contributed by atoms with van der Waals surface area (Å²) in [4.78, 5) is 2.38. The third kappa shape index (κ3) is 2.09. The van der Waals surface area contributed by atoms with E-state index in [1.165, 1.54) is 16.7 Å². The molecule has 1 unspecified atom stereocenters. The summed E-state index contributed by atoms with van der Waals surface area (Å²) >= 11 is 1.74. The van der Waals surface area contributed by atoms with Crippen molar-refractivity contribution in [3.63, 3.8) is 0 Å². The Morgan fingerprint density at radius 3 is 2.94 bits per heavy atom. The summed E-state index contributed by atoms with van der Waals surface area (Å²) in [6.07, 6.45) is 1.08. The van der Waals surface area contributed by atoms with E-state index in [0.29, 0.717) is 6.04 Å². The zero-order chi connectivity index (χ0) is 12.4. The van der Waals surface area contributed by atoms with Gasteiger partial charge in [0.1, 0.15) is 0 Å². The summed E-state index contributed by atoms with van der Waals surface area (Å²) in [5.74, 6) is 0. The van der Waals surface area contributed by atoms with Crippen LogP contribution in [0, 0.1) is 0 Å². The minimum atomic E-state index is 0.225. The molecule has 3 rings (SSSR count). The molecular weight excluding hydrogens is 242 g/mol. The van der Waals surface area contributed by atoms with Gasteiger partial charge in [0.2, 0.25) is 0 Å². The fraction of sp³-hybridized carbons (Fsp3) is 0.333. The van der Waals surface area contributed by atoms with Crippen molar-refractivity contribution in [1.29, 1.82) is 0 Å². The Labute approximate surface area is 112 Å². The molecule has 1 aliphatic heterocycles. The van der Waals surface area contributed by atoms with Crippen molar-refractivity contribution in [2.75, 3.05) is 19.7 Å². The second kappa shape index (κ2) is 5.22. The fourth-order valence-corrected chi connectivity index (χ4v) is 3.49. The smallest absolute Gasteiger partial charge is 0.0613 e. The summed E-state index contributed by atoms with van der Waals surface area (Å²) in [6, 6.07) is 11.2. The minimum absolute atomic E-state index is 0.225. The quantitative estimate of drug-likeness (QED) is 0.916. The molecule has 3 heteroatoms. The van der Waals surface area contributed by atoms with Crippen molar-refractivity contribution in [3.05, 3.63) is 57.8 Å². The van der Waals surface area contributed by atoms with Crippen molar-refractivity contribution >= 4 is 11.3 Å². The van der Waals surface area contributed by atoms with Crippen LogP contribution < -0.4 is 0 Å². The van der Waals surface area contributed by atoms with Gasteiger partial charge in [0, 0.05) is 13.1 Å². The molecule has 94 valence electrons. The predicted molar refractivity (Wildman–Crippen MR) is 75.0 cm³/mol. The van der Waals surface area contributed by atoms with Gasteiger partial charge >= 0.3 is 0 Å². The van der Waals surface area contributed by atoms with E-state index in [9.17, 15) is 5.11 Å². The van der Waals surface area contributed by atoms with Crippen LogP contribution in [0.3, 0.4) is 0 Å². The SMILES string of the molecule is OCCN1CCc2ccccc2C1c1ccsc1. The number of aliphatic hydroxyl groups is 1. The van der Waals surface area contributed by atoms with E-state index in [2.05, 4.69) is 46.0 Å². The first-order valence-electron chi connectivity index (χ1n) is 6.35. The molecule has 0 bridgehead atoms. The molecular formula is C15H17NOS. The van der Waals surface area contributed by atoms with Crippen LogP contribution in [-0.2, 0) is 6.42 Å². The van der Waals surface area contributed by atoms with E-state index in [4.69, 9.17) is 0 Å². The van der Waals surface area contributed by atoms with Gasteiger partial charge in [-0.2, -0.15) is 11.3 Å². The molecule has 0 fully saturated rings. The highest BCUT2D eigenvalue weighted by atomic mass is 32.1. The van der Waals surface area contributed by atoms with Crippen LogP contribution in [0.5, 0.6) is 0 Å². The molecule has 2 nitrogen and oxygen atoms in total. The monoisotopic (exact) mass is 259 g/mol. The molecule has 0 radical (unpaired) electrons. The Kier molecular flexibility index (Phi) is 3.46. The zero-order valence-electron chi connectivity index (χ0n) is 10.2. The number of thiophene rings is 1. The number of nitrogens with zero attached hydrogens (tertiary/aromatic N) is 1. The number of hydrogen-bond donors (Lipinski definition) is 1. The van der Waals surface area contributed by atoms with Crippen LogP contribution >= 0.6 is 11.3 Å². The van der Waals surface area contributed by atoms with Crippen LogP contribution in [0.25, 0.3) is 0 Å². The van der Waals surface area contributed by atoms with Crippen LogP contribution in [0.1, 0.15) is 22.7 Å². The lowest BCUT2D eigenvalue weighted by molar-refractivity contribution is 0.161. The molecule has 2 heterocycles. The summed E-state index contributed by atoms with van der Waals surface area (Å²) in [7, 11) is 0. The number of benzene rings is 1. The Balaban J connectivity index is 2.03. The lowest BCUT2D eigenvalue weighted by Crippen LogP contribution is -2.37.